The highest BCUT2D eigenvalue weighted by atomic mass is 35.5. The number of anilines is 1. The lowest BCUT2D eigenvalue weighted by Crippen LogP contribution is -2.39. The van der Waals surface area contributed by atoms with Gasteiger partial charge in [-0.05, 0) is 43.7 Å². The minimum absolute atomic E-state index is 0.108. The summed E-state index contributed by atoms with van der Waals surface area (Å²) in [6.07, 6.45) is 4.40. The minimum atomic E-state index is -0.108. The number of nitrogens with zero attached hydrogens (tertiary/aromatic N) is 1. The van der Waals surface area contributed by atoms with Crippen molar-refractivity contribution in [2.24, 2.45) is 5.92 Å². The Morgan fingerprint density at radius 3 is 2.45 bits per heavy atom. The van der Waals surface area contributed by atoms with Gasteiger partial charge in [-0.2, -0.15) is 0 Å². The summed E-state index contributed by atoms with van der Waals surface area (Å²) in [7, 11) is 1.83. The maximum atomic E-state index is 12.6. The Balaban J connectivity index is 2.19. The second-order valence-electron chi connectivity index (χ2n) is 5.69. The van der Waals surface area contributed by atoms with E-state index >= 15 is 0 Å². The van der Waals surface area contributed by atoms with Crippen molar-refractivity contribution >= 4 is 34.8 Å². The van der Waals surface area contributed by atoms with E-state index in [0.717, 1.165) is 31.6 Å². The molecule has 1 aliphatic rings. The zero-order valence-corrected chi connectivity index (χ0v) is 13.3. The van der Waals surface area contributed by atoms with Crippen molar-refractivity contribution in [3.8, 4) is 0 Å². The molecule has 1 fully saturated rings. The summed E-state index contributed by atoms with van der Waals surface area (Å²) in [5, 5.41) is 0.600. The molecule has 0 aliphatic heterocycles. The van der Waals surface area contributed by atoms with Crippen molar-refractivity contribution < 1.29 is 4.79 Å². The molecule has 2 rings (SSSR count). The van der Waals surface area contributed by atoms with Crippen molar-refractivity contribution in [2.45, 2.75) is 38.6 Å². The Morgan fingerprint density at radius 2 is 1.85 bits per heavy atom. The van der Waals surface area contributed by atoms with Crippen molar-refractivity contribution in [3.05, 3.63) is 27.7 Å². The fourth-order valence-corrected chi connectivity index (χ4v) is 3.17. The van der Waals surface area contributed by atoms with Crippen LogP contribution >= 0.6 is 23.2 Å². The first-order valence-corrected chi connectivity index (χ1v) is 7.67. The Bertz CT molecular complexity index is 511. The summed E-state index contributed by atoms with van der Waals surface area (Å²) in [5.74, 6) is 0.643. The Labute approximate surface area is 130 Å². The zero-order valence-electron chi connectivity index (χ0n) is 11.8. The van der Waals surface area contributed by atoms with Crippen LogP contribution in [0.15, 0.2) is 12.1 Å². The van der Waals surface area contributed by atoms with Crippen molar-refractivity contribution in [3.63, 3.8) is 0 Å². The molecule has 20 heavy (non-hydrogen) atoms. The molecule has 1 aromatic rings. The van der Waals surface area contributed by atoms with Gasteiger partial charge in [0.2, 0.25) is 0 Å². The zero-order chi connectivity index (χ0) is 14.9. The second-order valence-corrected chi connectivity index (χ2v) is 6.48. The molecule has 3 nitrogen and oxygen atoms in total. The number of benzene rings is 1. The third-order valence-electron chi connectivity index (χ3n) is 4.13. The first kappa shape index (κ1) is 15.5. The molecule has 0 spiro atoms. The number of amides is 1. The van der Waals surface area contributed by atoms with Crippen LogP contribution in [0.2, 0.25) is 10.0 Å². The maximum absolute atomic E-state index is 12.6. The van der Waals surface area contributed by atoms with Gasteiger partial charge in [-0.25, -0.2) is 0 Å². The first-order valence-electron chi connectivity index (χ1n) is 6.91. The third kappa shape index (κ3) is 3.21. The largest absolute Gasteiger partial charge is 0.399 e. The molecular weight excluding hydrogens is 295 g/mol. The van der Waals surface area contributed by atoms with E-state index in [4.69, 9.17) is 28.9 Å². The van der Waals surface area contributed by atoms with Crippen molar-refractivity contribution in [1.82, 2.24) is 4.90 Å². The van der Waals surface area contributed by atoms with E-state index in [1.807, 2.05) is 7.05 Å². The molecule has 0 aromatic heterocycles. The van der Waals surface area contributed by atoms with E-state index in [2.05, 4.69) is 6.92 Å². The molecule has 1 aromatic carbocycles. The van der Waals surface area contributed by atoms with Crippen LogP contribution in [0.25, 0.3) is 0 Å². The Hall–Kier alpha value is -0.930. The summed E-state index contributed by atoms with van der Waals surface area (Å²) in [6, 6.07) is 3.43. The highest BCUT2D eigenvalue weighted by Gasteiger charge is 2.27. The van der Waals surface area contributed by atoms with Crippen LogP contribution in [-0.4, -0.2) is 23.9 Å². The number of nitrogens with two attached hydrogens (primary N) is 1. The summed E-state index contributed by atoms with van der Waals surface area (Å²) in [4.78, 5) is 14.4. The molecule has 0 unspecified atom stereocenters. The van der Waals surface area contributed by atoms with Crippen LogP contribution in [0, 0.1) is 5.92 Å². The topological polar surface area (TPSA) is 46.3 Å². The Kier molecular flexibility index (Phi) is 4.82. The van der Waals surface area contributed by atoms with E-state index in [1.165, 1.54) is 0 Å². The molecule has 0 atom stereocenters. The fraction of sp³-hybridized carbons (Fsp3) is 0.533. The third-order valence-corrected chi connectivity index (χ3v) is 4.94. The number of carbonyl (C=O) groups is 1. The number of rotatable bonds is 2. The van der Waals surface area contributed by atoms with E-state index in [1.54, 1.807) is 17.0 Å². The molecule has 1 aliphatic carbocycles. The average molecular weight is 315 g/mol. The summed E-state index contributed by atoms with van der Waals surface area (Å²) in [5.41, 5.74) is 6.59. The second kappa shape index (κ2) is 6.23. The minimum Gasteiger partial charge on any atom is -0.399 e. The normalized spacial score (nSPS) is 22.6. The molecule has 1 saturated carbocycles. The molecule has 0 radical (unpaired) electrons. The van der Waals surface area contributed by atoms with Gasteiger partial charge in [-0.3, -0.25) is 4.79 Å². The smallest absolute Gasteiger partial charge is 0.255 e. The molecule has 2 N–H and O–H groups in total. The van der Waals surface area contributed by atoms with E-state index in [9.17, 15) is 4.79 Å². The van der Waals surface area contributed by atoms with Gasteiger partial charge in [0, 0.05) is 18.8 Å². The molecule has 110 valence electrons. The average Bonchev–Trinajstić information content (AvgIpc) is 2.42. The standard InChI is InChI=1S/C15H20Cl2N2O/c1-9-3-5-11(6-4-9)19(2)15(20)12-7-10(18)8-13(16)14(12)17/h7-9,11H,3-6,18H2,1-2H3. The van der Waals surface area contributed by atoms with Gasteiger partial charge in [0.25, 0.3) is 5.91 Å². The van der Waals surface area contributed by atoms with Gasteiger partial charge < -0.3 is 10.6 Å². The number of nitrogen functional groups attached to an aromatic ring is 1. The lowest BCUT2D eigenvalue weighted by Gasteiger charge is -2.33. The number of hydrogen-bond acceptors (Lipinski definition) is 2. The van der Waals surface area contributed by atoms with Crippen LogP contribution in [0.1, 0.15) is 43.0 Å². The van der Waals surface area contributed by atoms with Crippen molar-refractivity contribution in [2.75, 3.05) is 12.8 Å². The van der Waals surface area contributed by atoms with Crippen LogP contribution in [-0.2, 0) is 0 Å². The van der Waals surface area contributed by atoms with Crippen LogP contribution in [0.4, 0.5) is 5.69 Å². The molecule has 0 heterocycles. The monoisotopic (exact) mass is 314 g/mol. The Morgan fingerprint density at radius 1 is 1.25 bits per heavy atom. The first-order chi connectivity index (χ1) is 9.40. The number of hydrogen-bond donors (Lipinski definition) is 1. The quantitative estimate of drug-likeness (QED) is 0.830. The molecule has 0 bridgehead atoms. The van der Waals surface area contributed by atoms with Crippen LogP contribution < -0.4 is 5.73 Å². The van der Waals surface area contributed by atoms with Crippen LogP contribution in [0.5, 0.6) is 0 Å². The number of halogens is 2. The van der Waals surface area contributed by atoms with E-state index in [-0.39, 0.29) is 17.0 Å². The predicted octanol–water partition coefficient (Wildman–Crippen LogP) is 4.23. The SMILES string of the molecule is CC1CCC(N(C)C(=O)c2cc(N)cc(Cl)c2Cl)CC1. The molecule has 1 amide bonds. The van der Waals surface area contributed by atoms with Crippen LogP contribution in [0.3, 0.4) is 0 Å². The van der Waals surface area contributed by atoms with Crippen molar-refractivity contribution in [1.29, 1.82) is 0 Å². The van der Waals surface area contributed by atoms with E-state index < -0.39 is 0 Å². The highest BCUT2D eigenvalue weighted by molar-refractivity contribution is 6.44. The molecular formula is C15H20Cl2N2O. The molecule has 0 saturated heterocycles. The van der Waals surface area contributed by atoms with Gasteiger partial charge in [0.15, 0.2) is 0 Å². The van der Waals surface area contributed by atoms with Gasteiger partial charge in [-0.1, -0.05) is 30.1 Å². The van der Waals surface area contributed by atoms with Gasteiger partial charge in [0.05, 0.1) is 15.6 Å². The van der Waals surface area contributed by atoms with Gasteiger partial charge in [-0.15, -0.1) is 0 Å². The fourth-order valence-electron chi connectivity index (χ4n) is 2.75. The predicted molar refractivity (Wildman–Crippen MR) is 84.4 cm³/mol. The summed E-state index contributed by atoms with van der Waals surface area (Å²) in [6.45, 7) is 2.26. The van der Waals surface area contributed by atoms with E-state index in [0.29, 0.717) is 16.3 Å². The molecule has 5 heteroatoms. The van der Waals surface area contributed by atoms with Gasteiger partial charge >= 0.3 is 0 Å². The maximum Gasteiger partial charge on any atom is 0.255 e. The summed E-state index contributed by atoms with van der Waals surface area (Å²) < 4.78 is 0. The number of carbonyl (C=O) groups excluding carboxylic acids is 1. The summed E-state index contributed by atoms with van der Waals surface area (Å²) >= 11 is 12.1. The lowest BCUT2D eigenvalue weighted by atomic mass is 9.86. The lowest BCUT2D eigenvalue weighted by molar-refractivity contribution is 0.0680. The highest BCUT2D eigenvalue weighted by Crippen LogP contribution is 2.32. The van der Waals surface area contributed by atoms with Gasteiger partial charge in [0.1, 0.15) is 0 Å².